The summed E-state index contributed by atoms with van der Waals surface area (Å²) >= 11 is 0. The van der Waals surface area contributed by atoms with Crippen molar-refractivity contribution in [3.8, 4) is 0 Å². The van der Waals surface area contributed by atoms with Gasteiger partial charge in [-0.15, -0.1) is 0 Å². The quantitative estimate of drug-likeness (QED) is 0.859. The summed E-state index contributed by atoms with van der Waals surface area (Å²) in [5.41, 5.74) is 1.07. The molecule has 1 saturated carbocycles. The Morgan fingerprint density at radius 1 is 1.32 bits per heavy atom. The molecule has 2 aliphatic rings. The number of hydrogen-bond donors (Lipinski definition) is 2. The van der Waals surface area contributed by atoms with E-state index in [1.807, 2.05) is 12.1 Å². The minimum absolute atomic E-state index is 0.172. The topological polar surface area (TPSA) is 66.5 Å². The fourth-order valence-corrected chi connectivity index (χ4v) is 2.03. The highest BCUT2D eigenvalue weighted by Crippen LogP contribution is 2.19. The van der Waals surface area contributed by atoms with Crippen LogP contribution in [0.1, 0.15) is 12.8 Å². The third kappa shape index (κ3) is 3.35. The lowest BCUT2D eigenvalue weighted by Crippen LogP contribution is -2.36. The summed E-state index contributed by atoms with van der Waals surface area (Å²) in [5.74, 6) is 0.579. The van der Waals surface area contributed by atoms with Crippen LogP contribution in [-0.2, 0) is 4.74 Å². The van der Waals surface area contributed by atoms with E-state index < -0.39 is 0 Å². The zero-order valence-corrected chi connectivity index (χ0v) is 10.8. The number of rotatable bonds is 3. The van der Waals surface area contributed by atoms with Crippen LogP contribution in [-0.4, -0.2) is 43.4 Å². The number of nitrogens with zero attached hydrogens (tertiary/aromatic N) is 2. The predicted octanol–water partition coefficient (Wildman–Crippen LogP) is 1.20. The van der Waals surface area contributed by atoms with Gasteiger partial charge < -0.3 is 15.0 Å². The zero-order valence-electron chi connectivity index (χ0n) is 10.8. The van der Waals surface area contributed by atoms with Gasteiger partial charge in [0.25, 0.3) is 0 Å². The molecule has 1 saturated heterocycles. The molecule has 102 valence electrons. The van der Waals surface area contributed by atoms with Crippen molar-refractivity contribution >= 4 is 17.5 Å². The molecule has 1 aromatic heterocycles. The number of carbonyl (C=O) groups is 1. The number of amides is 2. The van der Waals surface area contributed by atoms with Crippen LogP contribution in [0.2, 0.25) is 0 Å². The van der Waals surface area contributed by atoms with Gasteiger partial charge in [-0.05, 0) is 25.0 Å². The third-order valence-electron chi connectivity index (χ3n) is 3.28. The van der Waals surface area contributed by atoms with Crippen LogP contribution in [0.3, 0.4) is 0 Å². The van der Waals surface area contributed by atoms with Gasteiger partial charge in [-0.3, -0.25) is 5.32 Å². The Kier molecular flexibility index (Phi) is 3.50. The van der Waals surface area contributed by atoms with Crippen LogP contribution in [0, 0.1) is 0 Å². The lowest BCUT2D eigenvalue weighted by molar-refractivity contribution is 0.122. The lowest BCUT2D eigenvalue weighted by atomic mass is 10.3. The largest absolute Gasteiger partial charge is 0.378 e. The molecule has 6 nitrogen and oxygen atoms in total. The molecule has 2 fully saturated rings. The molecule has 0 spiro atoms. The maximum atomic E-state index is 11.6. The van der Waals surface area contributed by atoms with Crippen LogP contribution in [0.15, 0.2) is 18.3 Å². The summed E-state index contributed by atoms with van der Waals surface area (Å²) < 4.78 is 5.31. The Morgan fingerprint density at radius 2 is 2.11 bits per heavy atom. The van der Waals surface area contributed by atoms with Crippen LogP contribution in [0.25, 0.3) is 0 Å². The fraction of sp³-hybridized carbons (Fsp3) is 0.538. The molecule has 0 aromatic carbocycles. The van der Waals surface area contributed by atoms with Gasteiger partial charge in [-0.2, -0.15) is 0 Å². The Hall–Kier alpha value is -1.82. The van der Waals surface area contributed by atoms with Gasteiger partial charge in [0.15, 0.2) is 0 Å². The smallest absolute Gasteiger partial charge is 0.320 e. The number of ether oxygens (including phenoxy) is 1. The first kappa shape index (κ1) is 12.2. The van der Waals surface area contributed by atoms with E-state index in [0.29, 0.717) is 11.9 Å². The van der Waals surface area contributed by atoms with Gasteiger partial charge in [0.05, 0.1) is 25.1 Å². The van der Waals surface area contributed by atoms with Crippen molar-refractivity contribution in [1.29, 1.82) is 0 Å². The van der Waals surface area contributed by atoms with Gasteiger partial charge in [0.2, 0.25) is 0 Å². The van der Waals surface area contributed by atoms with E-state index in [1.54, 1.807) is 6.20 Å². The highest BCUT2D eigenvalue weighted by Gasteiger charge is 2.23. The number of aromatic nitrogens is 1. The first-order chi connectivity index (χ1) is 9.31. The number of nitrogens with one attached hydrogen (secondary N) is 2. The standard InChI is InChI=1S/C13H18N4O2/c18-13(15-10-1-2-10)16-12-4-3-11(9-14-12)17-5-7-19-8-6-17/h3-4,9-10H,1-2,5-8H2,(H2,14,15,16,18). The number of pyridine rings is 1. The molecule has 1 aliphatic heterocycles. The molecule has 0 atom stereocenters. The van der Waals surface area contributed by atoms with Crippen LogP contribution in [0.5, 0.6) is 0 Å². The number of urea groups is 1. The van der Waals surface area contributed by atoms with Crippen molar-refractivity contribution in [2.45, 2.75) is 18.9 Å². The molecule has 6 heteroatoms. The number of hydrogen-bond acceptors (Lipinski definition) is 4. The molecular weight excluding hydrogens is 244 g/mol. The summed E-state index contributed by atoms with van der Waals surface area (Å²) in [6, 6.07) is 3.99. The SMILES string of the molecule is O=C(Nc1ccc(N2CCOCC2)cn1)NC1CC1. The summed E-state index contributed by atoms with van der Waals surface area (Å²) in [7, 11) is 0. The van der Waals surface area contributed by atoms with Crippen molar-refractivity contribution < 1.29 is 9.53 Å². The first-order valence-corrected chi connectivity index (χ1v) is 6.67. The van der Waals surface area contributed by atoms with Crippen molar-refractivity contribution in [2.24, 2.45) is 0 Å². The first-order valence-electron chi connectivity index (χ1n) is 6.67. The highest BCUT2D eigenvalue weighted by molar-refractivity contribution is 5.88. The second-order valence-corrected chi connectivity index (χ2v) is 4.87. The summed E-state index contributed by atoms with van der Waals surface area (Å²) in [4.78, 5) is 18.1. The Labute approximate surface area is 112 Å². The zero-order chi connectivity index (χ0) is 13.1. The second-order valence-electron chi connectivity index (χ2n) is 4.87. The average Bonchev–Trinajstić information content (AvgIpc) is 3.24. The van der Waals surface area contributed by atoms with Crippen molar-refractivity contribution in [1.82, 2.24) is 10.3 Å². The summed E-state index contributed by atoms with van der Waals surface area (Å²) in [5, 5.41) is 5.60. The number of carbonyl (C=O) groups excluding carboxylic acids is 1. The van der Waals surface area contributed by atoms with Crippen LogP contribution >= 0.6 is 0 Å². The van der Waals surface area contributed by atoms with Gasteiger partial charge in [0.1, 0.15) is 5.82 Å². The average molecular weight is 262 g/mol. The number of morpholine rings is 1. The monoisotopic (exact) mass is 262 g/mol. The minimum Gasteiger partial charge on any atom is -0.378 e. The Morgan fingerprint density at radius 3 is 2.74 bits per heavy atom. The fourth-order valence-electron chi connectivity index (χ4n) is 2.03. The highest BCUT2D eigenvalue weighted by atomic mass is 16.5. The predicted molar refractivity (Wildman–Crippen MR) is 72.4 cm³/mol. The van der Waals surface area contributed by atoms with Gasteiger partial charge in [-0.25, -0.2) is 9.78 Å². The molecule has 1 aliphatic carbocycles. The molecule has 2 amide bonds. The number of anilines is 2. The maximum Gasteiger partial charge on any atom is 0.320 e. The third-order valence-corrected chi connectivity index (χ3v) is 3.28. The summed E-state index contributed by atoms with van der Waals surface area (Å²) in [6.07, 6.45) is 3.95. The Bertz CT molecular complexity index is 438. The van der Waals surface area contributed by atoms with E-state index in [0.717, 1.165) is 44.8 Å². The molecule has 19 heavy (non-hydrogen) atoms. The van der Waals surface area contributed by atoms with E-state index >= 15 is 0 Å². The van der Waals surface area contributed by atoms with E-state index in [2.05, 4.69) is 20.5 Å². The molecule has 1 aromatic rings. The minimum atomic E-state index is -0.172. The van der Waals surface area contributed by atoms with Crippen molar-refractivity contribution in [2.75, 3.05) is 36.5 Å². The molecule has 2 N–H and O–H groups in total. The lowest BCUT2D eigenvalue weighted by Gasteiger charge is -2.28. The van der Waals surface area contributed by atoms with Gasteiger partial charge in [0, 0.05) is 19.1 Å². The van der Waals surface area contributed by atoms with E-state index in [1.165, 1.54) is 0 Å². The molecule has 0 radical (unpaired) electrons. The molecule has 2 heterocycles. The van der Waals surface area contributed by atoms with E-state index in [4.69, 9.17) is 4.74 Å². The molecule has 3 rings (SSSR count). The van der Waals surface area contributed by atoms with Crippen molar-refractivity contribution in [3.63, 3.8) is 0 Å². The molecule has 0 bridgehead atoms. The van der Waals surface area contributed by atoms with Gasteiger partial charge in [-0.1, -0.05) is 0 Å². The van der Waals surface area contributed by atoms with E-state index in [9.17, 15) is 4.79 Å². The van der Waals surface area contributed by atoms with Crippen LogP contribution in [0.4, 0.5) is 16.3 Å². The molecule has 0 unspecified atom stereocenters. The van der Waals surface area contributed by atoms with Crippen molar-refractivity contribution in [3.05, 3.63) is 18.3 Å². The maximum absolute atomic E-state index is 11.6. The van der Waals surface area contributed by atoms with Gasteiger partial charge >= 0.3 is 6.03 Å². The molecular formula is C13H18N4O2. The van der Waals surface area contributed by atoms with E-state index in [-0.39, 0.29) is 6.03 Å². The summed E-state index contributed by atoms with van der Waals surface area (Å²) in [6.45, 7) is 3.28. The second kappa shape index (κ2) is 5.44. The Balaban J connectivity index is 1.56. The van der Waals surface area contributed by atoms with Crippen LogP contribution < -0.4 is 15.5 Å². The normalized spacial score (nSPS) is 19.1.